The van der Waals surface area contributed by atoms with E-state index in [0.717, 1.165) is 38.2 Å². The number of ether oxygens (including phenoxy) is 1. The molecule has 1 aliphatic heterocycles. The van der Waals surface area contributed by atoms with Gasteiger partial charge >= 0.3 is 0 Å². The quantitative estimate of drug-likeness (QED) is 0.826. The second-order valence-corrected chi connectivity index (χ2v) is 4.72. The minimum atomic E-state index is -0.302. The molecule has 0 aliphatic carbocycles. The van der Waals surface area contributed by atoms with Crippen molar-refractivity contribution < 1.29 is 9.13 Å². The number of nitrogens with one attached hydrogen (secondary N) is 1. The van der Waals surface area contributed by atoms with Crippen molar-refractivity contribution in [1.82, 2.24) is 10.2 Å². The molecule has 0 radical (unpaired) electrons. The topological polar surface area (TPSA) is 24.5 Å². The molecule has 1 aromatic carbocycles. The van der Waals surface area contributed by atoms with Crippen LogP contribution < -0.4 is 10.1 Å². The van der Waals surface area contributed by atoms with Gasteiger partial charge < -0.3 is 10.1 Å². The van der Waals surface area contributed by atoms with Gasteiger partial charge in [-0.3, -0.25) is 4.90 Å². The molecular weight excluding hydrogens is 243 g/mol. The summed E-state index contributed by atoms with van der Waals surface area (Å²) in [5.74, 6) is -0.00869. The highest BCUT2D eigenvalue weighted by Gasteiger charge is 2.21. The van der Waals surface area contributed by atoms with E-state index >= 15 is 0 Å². The summed E-state index contributed by atoms with van der Waals surface area (Å²) in [5.41, 5.74) is 0.986. The normalized spacial score (nSPS) is 18.0. The Bertz CT molecular complexity index is 430. The predicted octanol–water partition coefficient (Wildman–Crippen LogP) is 2.36. The zero-order valence-electron chi connectivity index (χ0n) is 11.4. The first-order valence-corrected chi connectivity index (χ1v) is 6.65. The Labute approximate surface area is 114 Å². The Morgan fingerprint density at radius 2 is 2.21 bits per heavy atom. The van der Waals surface area contributed by atoms with E-state index < -0.39 is 0 Å². The standard InChI is InChI=1S/C15H21FN2O/c1-3-4-14(18-9-7-17-8-10-18)12-5-6-15(19-2)13(16)11-12/h3,5-6,11,14,17H,1,4,7-10H2,2H3/t14-/m0/s1. The lowest BCUT2D eigenvalue weighted by Gasteiger charge is -2.34. The molecule has 1 saturated heterocycles. The van der Waals surface area contributed by atoms with Gasteiger partial charge in [0, 0.05) is 32.2 Å². The predicted molar refractivity (Wildman–Crippen MR) is 74.9 cm³/mol. The van der Waals surface area contributed by atoms with Gasteiger partial charge in [0.2, 0.25) is 0 Å². The van der Waals surface area contributed by atoms with E-state index in [1.54, 1.807) is 12.1 Å². The van der Waals surface area contributed by atoms with Crippen molar-refractivity contribution in [2.75, 3.05) is 33.3 Å². The highest BCUT2D eigenvalue weighted by Crippen LogP contribution is 2.28. The van der Waals surface area contributed by atoms with Crippen LogP contribution in [0, 0.1) is 5.82 Å². The number of piperazine rings is 1. The highest BCUT2D eigenvalue weighted by molar-refractivity contribution is 5.31. The van der Waals surface area contributed by atoms with E-state index in [1.165, 1.54) is 7.11 Å². The monoisotopic (exact) mass is 264 g/mol. The lowest BCUT2D eigenvalue weighted by molar-refractivity contribution is 0.174. The first-order valence-electron chi connectivity index (χ1n) is 6.65. The third kappa shape index (κ3) is 3.33. The molecule has 1 aliphatic rings. The van der Waals surface area contributed by atoms with Gasteiger partial charge in [-0.05, 0) is 24.1 Å². The van der Waals surface area contributed by atoms with Crippen LogP contribution in [0.2, 0.25) is 0 Å². The van der Waals surface area contributed by atoms with Crippen LogP contribution in [0.1, 0.15) is 18.0 Å². The fraction of sp³-hybridized carbons (Fsp3) is 0.467. The van der Waals surface area contributed by atoms with Gasteiger partial charge in [0.05, 0.1) is 7.11 Å². The van der Waals surface area contributed by atoms with Crippen LogP contribution in [0.5, 0.6) is 5.75 Å². The van der Waals surface area contributed by atoms with Crippen molar-refractivity contribution >= 4 is 0 Å². The third-order valence-corrected chi connectivity index (χ3v) is 3.54. The maximum Gasteiger partial charge on any atom is 0.165 e. The maximum absolute atomic E-state index is 13.8. The fourth-order valence-corrected chi connectivity index (χ4v) is 2.54. The summed E-state index contributed by atoms with van der Waals surface area (Å²) in [5, 5.41) is 3.33. The minimum Gasteiger partial charge on any atom is -0.494 e. The van der Waals surface area contributed by atoms with Crippen LogP contribution >= 0.6 is 0 Å². The van der Waals surface area contributed by atoms with Crippen molar-refractivity contribution in [2.45, 2.75) is 12.5 Å². The molecule has 0 amide bonds. The molecule has 1 atom stereocenters. The van der Waals surface area contributed by atoms with Gasteiger partial charge in [0.25, 0.3) is 0 Å². The van der Waals surface area contributed by atoms with Gasteiger partial charge in [-0.15, -0.1) is 6.58 Å². The van der Waals surface area contributed by atoms with E-state index in [9.17, 15) is 4.39 Å². The van der Waals surface area contributed by atoms with E-state index in [1.807, 2.05) is 12.1 Å². The summed E-state index contributed by atoms with van der Waals surface area (Å²) in [7, 11) is 1.48. The Hall–Kier alpha value is -1.39. The second kappa shape index (κ2) is 6.68. The van der Waals surface area contributed by atoms with Crippen LogP contribution in [0.4, 0.5) is 4.39 Å². The van der Waals surface area contributed by atoms with Crippen LogP contribution in [0.25, 0.3) is 0 Å². The van der Waals surface area contributed by atoms with Gasteiger partial charge in [0.15, 0.2) is 11.6 Å². The second-order valence-electron chi connectivity index (χ2n) is 4.72. The summed E-state index contributed by atoms with van der Waals surface area (Å²) in [6.07, 6.45) is 2.72. The zero-order chi connectivity index (χ0) is 13.7. The minimum absolute atomic E-state index is 0.194. The fourth-order valence-electron chi connectivity index (χ4n) is 2.54. The lowest BCUT2D eigenvalue weighted by Crippen LogP contribution is -2.45. The molecule has 2 rings (SSSR count). The number of halogens is 1. The summed E-state index contributed by atoms with van der Waals surface area (Å²) < 4.78 is 18.8. The Balaban J connectivity index is 2.22. The van der Waals surface area contributed by atoms with Crippen LogP contribution in [0.3, 0.4) is 0 Å². The van der Waals surface area contributed by atoms with E-state index in [4.69, 9.17) is 4.74 Å². The van der Waals surface area contributed by atoms with Crippen molar-refractivity contribution in [3.8, 4) is 5.75 Å². The summed E-state index contributed by atoms with van der Waals surface area (Å²) in [4.78, 5) is 2.37. The lowest BCUT2D eigenvalue weighted by atomic mass is 10.0. The van der Waals surface area contributed by atoms with Gasteiger partial charge in [0.1, 0.15) is 0 Å². The molecule has 4 heteroatoms. The molecule has 1 N–H and O–H groups in total. The van der Waals surface area contributed by atoms with Gasteiger partial charge in [-0.25, -0.2) is 4.39 Å². The molecule has 0 saturated carbocycles. The molecule has 0 spiro atoms. The van der Waals surface area contributed by atoms with E-state index in [0.29, 0.717) is 5.75 Å². The average Bonchev–Trinajstić information content (AvgIpc) is 2.45. The molecule has 0 aromatic heterocycles. The number of benzene rings is 1. The summed E-state index contributed by atoms with van der Waals surface area (Å²) in [6, 6.07) is 5.41. The Morgan fingerprint density at radius 3 is 2.79 bits per heavy atom. The first-order chi connectivity index (χ1) is 9.26. The van der Waals surface area contributed by atoms with Crippen molar-refractivity contribution in [3.63, 3.8) is 0 Å². The summed E-state index contributed by atoms with van der Waals surface area (Å²) in [6.45, 7) is 7.73. The molecular formula is C15H21FN2O. The molecule has 0 bridgehead atoms. The number of hydrogen-bond acceptors (Lipinski definition) is 3. The molecule has 1 aromatic rings. The van der Waals surface area contributed by atoms with Crippen molar-refractivity contribution in [1.29, 1.82) is 0 Å². The number of hydrogen-bond donors (Lipinski definition) is 1. The van der Waals surface area contributed by atoms with Crippen LogP contribution in [-0.2, 0) is 0 Å². The summed E-state index contributed by atoms with van der Waals surface area (Å²) >= 11 is 0. The number of methoxy groups -OCH3 is 1. The molecule has 1 fully saturated rings. The van der Waals surface area contributed by atoms with Crippen LogP contribution in [-0.4, -0.2) is 38.2 Å². The van der Waals surface area contributed by atoms with Gasteiger partial charge in [-0.2, -0.15) is 0 Å². The van der Waals surface area contributed by atoms with E-state index in [2.05, 4.69) is 16.8 Å². The van der Waals surface area contributed by atoms with Crippen molar-refractivity contribution in [3.05, 3.63) is 42.2 Å². The Kier molecular flexibility index (Phi) is 4.93. The third-order valence-electron chi connectivity index (χ3n) is 3.54. The zero-order valence-corrected chi connectivity index (χ0v) is 11.4. The van der Waals surface area contributed by atoms with Gasteiger partial charge in [-0.1, -0.05) is 12.1 Å². The molecule has 3 nitrogen and oxygen atoms in total. The van der Waals surface area contributed by atoms with E-state index in [-0.39, 0.29) is 11.9 Å². The molecule has 0 unspecified atom stereocenters. The molecule has 19 heavy (non-hydrogen) atoms. The smallest absolute Gasteiger partial charge is 0.165 e. The average molecular weight is 264 g/mol. The highest BCUT2D eigenvalue weighted by atomic mass is 19.1. The molecule has 104 valence electrons. The number of rotatable bonds is 5. The van der Waals surface area contributed by atoms with Crippen LogP contribution in [0.15, 0.2) is 30.9 Å². The SMILES string of the molecule is C=CC[C@@H](c1ccc(OC)c(F)c1)N1CCNCC1. The van der Waals surface area contributed by atoms with Crippen molar-refractivity contribution in [2.24, 2.45) is 0 Å². The Morgan fingerprint density at radius 1 is 1.47 bits per heavy atom. The number of nitrogens with zero attached hydrogens (tertiary/aromatic N) is 1. The first kappa shape index (κ1) is 14.0. The maximum atomic E-state index is 13.8. The largest absolute Gasteiger partial charge is 0.494 e. The molecule has 1 heterocycles.